The fourth-order valence-electron chi connectivity index (χ4n) is 3.26. The van der Waals surface area contributed by atoms with Crippen molar-refractivity contribution in [3.05, 3.63) is 76.8 Å². The summed E-state index contributed by atoms with van der Waals surface area (Å²) >= 11 is 3.41. The molecule has 1 fully saturated rings. The van der Waals surface area contributed by atoms with Crippen LogP contribution in [0.2, 0.25) is 0 Å². The third kappa shape index (κ3) is 2.93. The summed E-state index contributed by atoms with van der Waals surface area (Å²) in [6.45, 7) is 0. The average molecular weight is 430 g/mol. The third-order valence-electron chi connectivity index (χ3n) is 4.83. The Balaban J connectivity index is 1.69. The molecule has 0 spiro atoms. The normalized spacial score (nSPS) is 15.6. The Morgan fingerprint density at radius 2 is 1.65 bits per heavy atom. The van der Waals surface area contributed by atoms with E-state index in [2.05, 4.69) is 20.7 Å². The summed E-state index contributed by atoms with van der Waals surface area (Å²) in [5.74, 6) is -0.469. The van der Waals surface area contributed by atoms with E-state index in [9.17, 15) is 13.2 Å². The van der Waals surface area contributed by atoms with Crippen molar-refractivity contribution in [1.29, 1.82) is 0 Å². The first-order chi connectivity index (χ1) is 12.4. The number of hydrogen-bond acceptors (Lipinski definition) is 3. The predicted octanol–water partition coefficient (Wildman–Crippen LogP) is 4.14. The first-order valence-corrected chi connectivity index (χ1v) is 10.5. The van der Waals surface area contributed by atoms with Crippen molar-refractivity contribution in [2.75, 3.05) is 0 Å². The summed E-state index contributed by atoms with van der Waals surface area (Å²) in [5, 5.41) is 1.42. The number of benzene rings is 3. The largest absolute Gasteiger partial charge is 0.273 e. The van der Waals surface area contributed by atoms with Crippen molar-refractivity contribution >= 4 is 42.6 Å². The van der Waals surface area contributed by atoms with Crippen molar-refractivity contribution in [2.24, 2.45) is 0 Å². The highest BCUT2D eigenvalue weighted by Crippen LogP contribution is 2.49. The minimum atomic E-state index is -3.96. The standard InChI is InChI=1S/C20H16BrNO3S/c21-16-8-4-7-15(13-16)20(11-12-20)19(23)22-26(24,25)18-10-3-6-14-5-1-2-9-17(14)18/h1-10,13H,11-12H2,(H,22,23). The number of rotatable bonds is 4. The van der Waals surface area contributed by atoms with Crippen LogP contribution in [0.5, 0.6) is 0 Å². The van der Waals surface area contributed by atoms with Crippen LogP contribution >= 0.6 is 15.9 Å². The van der Waals surface area contributed by atoms with Gasteiger partial charge in [-0.15, -0.1) is 0 Å². The number of fused-ring (bicyclic) bond motifs is 1. The van der Waals surface area contributed by atoms with E-state index in [1.165, 1.54) is 6.07 Å². The lowest BCUT2D eigenvalue weighted by Gasteiger charge is -2.17. The van der Waals surface area contributed by atoms with Gasteiger partial charge in [0, 0.05) is 9.86 Å². The highest BCUT2D eigenvalue weighted by atomic mass is 79.9. The second-order valence-corrected chi connectivity index (χ2v) is 9.07. The van der Waals surface area contributed by atoms with E-state index in [1.807, 2.05) is 42.5 Å². The van der Waals surface area contributed by atoms with Crippen LogP contribution in [0.25, 0.3) is 10.8 Å². The van der Waals surface area contributed by atoms with Crippen LogP contribution in [0, 0.1) is 0 Å². The molecular formula is C20H16BrNO3S. The maximum atomic E-state index is 12.9. The summed E-state index contributed by atoms with van der Waals surface area (Å²) in [6, 6.07) is 19.8. The highest BCUT2D eigenvalue weighted by Gasteiger charge is 2.52. The van der Waals surface area contributed by atoms with Crippen LogP contribution in [0.3, 0.4) is 0 Å². The maximum Gasteiger partial charge on any atom is 0.264 e. The zero-order valence-corrected chi connectivity index (χ0v) is 16.2. The maximum absolute atomic E-state index is 12.9. The average Bonchev–Trinajstić information content (AvgIpc) is 3.43. The Hall–Kier alpha value is -2.18. The van der Waals surface area contributed by atoms with Gasteiger partial charge in [-0.3, -0.25) is 4.79 Å². The van der Waals surface area contributed by atoms with E-state index in [4.69, 9.17) is 0 Å². The summed E-state index contributed by atoms with van der Waals surface area (Å²) in [6.07, 6.45) is 1.28. The molecule has 1 saturated carbocycles. The van der Waals surface area contributed by atoms with Crippen molar-refractivity contribution in [3.63, 3.8) is 0 Å². The molecule has 132 valence electrons. The van der Waals surface area contributed by atoms with Gasteiger partial charge < -0.3 is 0 Å². The van der Waals surface area contributed by atoms with Gasteiger partial charge in [-0.25, -0.2) is 13.1 Å². The van der Waals surface area contributed by atoms with E-state index in [0.717, 1.165) is 15.4 Å². The molecule has 3 aromatic carbocycles. The van der Waals surface area contributed by atoms with Gasteiger partial charge >= 0.3 is 0 Å². The number of sulfonamides is 1. The Morgan fingerprint density at radius 3 is 2.38 bits per heavy atom. The van der Waals surface area contributed by atoms with Crippen LogP contribution in [0.1, 0.15) is 18.4 Å². The van der Waals surface area contributed by atoms with Crippen molar-refractivity contribution in [1.82, 2.24) is 4.72 Å². The fraction of sp³-hybridized carbons (Fsp3) is 0.150. The lowest BCUT2D eigenvalue weighted by molar-refractivity contribution is -0.121. The number of carbonyl (C=O) groups excluding carboxylic acids is 1. The molecule has 4 rings (SSSR count). The van der Waals surface area contributed by atoms with E-state index in [0.29, 0.717) is 18.2 Å². The molecule has 0 unspecified atom stereocenters. The molecular weight excluding hydrogens is 414 g/mol. The molecule has 0 radical (unpaired) electrons. The molecule has 1 N–H and O–H groups in total. The Kier molecular flexibility index (Phi) is 4.12. The molecule has 0 aliphatic heterocycles. The molecule has 4 nitrogen and oxygen atoms in total. The van der Waals surface area contributed by atoms with Crippen LogP contribution in [0.4, 0.5) is 0 Å². The molecule has 1 amide bonds. The molecule has 3 aromatic rings. The third-order valence-corrected chi connectivity index (χ3v) is 6.71. The van der Waals surface area contributed by atoms with E-state index in [-0.39, 0.29) is 4.90 Å². The number of nitrogens with one attached hydrogen (secondary N) is 1. The van der Waals surface area contributed by atoms with E-state index < -0.39 is 21.3 Å². The van der Waals surface area contributed by atoms with Gasteiger partial charge in [0.15, 0.2) is 0 Å². The molecule has 0 aromatic heterocycles. The summed E-state index contributed by atoms with van der Waals surface area (Å²) in [5.41, 5.74) is 0.0685. The van der Waals surface area contributed by atoms with Gasteiger partial charge in [0.2, 0.25) is 5.91 Å². The first kappa shape index (κ1) is 17.2. The summed E-state index contributed by atoms with van der Waals surface area (Å²) in [7, 11) is -3.96. The van der Waals surface area contributed by atoms with Crippen LogP contribution in [0.15, 0.2) is 76.1 Å². The monoisotopic (exact) mass is 429 g/mol. The minimum Gasteiger partial charge on any atom is -0.273 e. The van der Waals surface area contributed by atoms with Gasteiger partial charge in [-0.05, 0) is 42.0 Å². The molecule has 0 heterocycles. The summed E-state index contributed by atoms with van der Waals surface area (Å²) < 4.78 is 28.9. The number of amides is 1. The van der Waals surface area contributed by atoms with Gasteiger partial charge in [-0.1, -0.05) is 64.5 Å². The topological polar surface area (TPSA) is 63.2 Å². The lowest BCUT2D eigenvalue weighted by atomic mass is 9.95. The molecule has 1 aliphatic rings. The molecule has 1 aliphatic carbocycles. The Bertz CT molecular complexity index is 1120. The van der Waals surface area contributed by atoms with Gasteiger partial charge in [0.25, 0.3) is 10.0 Å². The van der Waals surface area contributed by atoms with Crippen LogP contribution in [-0.4, -0.2) is 14.3 Å². The van der Waals surface area contributed by atoms with Crippen molar-refractivity contribution < 1.29 is 13.2 Å². The van der Waals surface area contributed by atoms with Gasteiger partial charge in [-0.2, -0.15) is 0 Å². The molecule has 26 heavy (non-hydrogen) atoms. The number of carbonyl (C=O) groups is 1. The zero-order valence-electron chi connectivity index (χ0n) is 13.8. The molecule has 0 bridgehead atoms. The summed E-state index contributed by atoms with van der Waals surface area (Å²) in [4.78, 5) is 13.0. The van der Waals surface area contributed by atoms with E-state index >= 15 is 0 Å². The fourth-order valence-corrected chi connectivity index (χ4v) is 4.94. The highest BCUT2D eigenvalue weighted by molar-refractivity contribution is 9.10. The number of halogens is 1. The first-order valence-electron chi connectivity index (χ1n) is 8.23. The van der Waals surface area contributed by atoms with Crippen LogP contribution in [-0.2, 0) is 20.2 Å². The zero-order chi connectivity index (χ0) is 18.4. The number of hydrogen-bond donors (Lipinski definition) is 1. The molecule has 0 saturated heterocycles. The predicted molar refractivity (Wildman–Crippen MR) is 104 cm³/mol. The second-order valence-electron chi connectivity index (χ2n) is 6.50. The second kappa shape index (κ2) is 6.21. The Labute approximate surface area is 160 Å². The smallest absolute Gasteiger partial charge is 0.264 e. The Morgan fingerprint density at radius 1 is 0.962 bits per heavy atom. The quantitative estimate of drug-likeness (QED) is 0.677. The van der Waals surface area contributed by atoms with Crippen molar-refractivity contribution in [2.45, 2.75) is 23.2 Å². The van der Waals surface area contributed by atoms with Crippen molar-refractivity contribution in [3.8, 4) is 0 Å². The van der Waals surface area contributed by atoms with Gasteiger partial charge in [0.05, 0.1) is 10.3 Å². The molecule has 6 heteroatoms. The van der Waals surface area contributed by atoms with Gasteiger partial charge in [0.1, 0.15) is 0 Å². The lowest BCUT2D eigenvalue weighted by Crippen LogP contribution is -2.38. The SMILES string of the molecule is O=C(NS(=O)(=O)c1cccc2ccccc12)C1(c2cccc(Br)c2)CC1. The molecule has 0 atom stereocenters. The van der Waals surface area contributed by atoms with E-state index in [1.54, 1.807) is 18.2 Å². The minimum absolute atomic E-state index is 0.119. The van der Waals surface area contributed by atoms with Crippen LogP contribution < -0.4 is 4.72 Å².